The second-order valence-electron chi connectivity index (χ2n) is 4.56. The van der Waals surface area contributed by atoms with Gasteiger partial charge in [0.1, 0.15) is 0 Å². The second kappa shape index (κ2) is 5.99. The number of nitrogens with zero attached hydrogens (tertiary/aromatic N) is 4. The zero-order valence-electron chi connectivity index (χ0n) is 11.6. The van der Waals surface area contributed by atoms with Crippen LogP contribution in [0.15, 0.2) is 53.9 Å². The molecule has 0 aliphatic heterocycles. The fourth-order valence-electron chi connectivity index (χ4n) is 1.90. The lowest BCUT2D eigenvalue weighted by molar-refractivity contribution is -0.140. The van der Waals surface area contributed by atoms with E-state index in [0.717, 1.165) is 0 Å². The third-order valence-electron chi connectivity index (χ3n) is 2.91. The smallest absolute Gasteiger partial charge is 0.264 e. The fourth-order valence-corrected chi connectivity index (χ4v) is 1.90. The van der Waals surface area contributed by atoms with Crippen molar-refractivity contribution in [1.29, 1.82) is 0 Å². The molecule has 23 heavy (non-hydrogen) atoms. The minimum atomic E-state index is -4.64. The molecule has 1 aromatic carbocycles. The first kappa shape index (κ1) is 14.9. The summed E-state index contributed by atoms with van der Waals surface area (Å²) in [5.74, 6) is -0.448. The van der Waals surface area contributed by atoms with E-state index in [1.165, 1.54) is 18.5 Å². The molecule has 0 aliphatic rings. The molecule has 3 aromatic rings. The molecule has 5 nitrogen and oxygen atoms in total. The Labute approximate surface area is 128 Å². The summed E-state index contributed by atoms with van der Waals surface area (Å²) < 4.78 is 39.4. The van der Waals surface area contributed by atoms with Crippen LogP contribution in [0.1, 0.15) is 11.3 Å². The highest BCUT2D eigenvalue weighted by molar-refractivity contribution is 5.80. The van der Waals surface area contributed by atoms with Gasteiger partial charge in [-0.3, -0.25) is 10.4 Å². The Morgan fingerprint density at radius 2 is 1.74 bits per heavy atom. The monoisotopic (exact) mass is 317 g/mol. The SMILES string of the molecule is FC(F)(F)c1nc2ccccc2nc1N/N=C\c1cccnc1. The van der Waals surface area contributed by atoms with E-state index in [4.69, 9.17) is 0 Å². The Morgan fingerprint density at radius 3 is 2.39 bits per heavy atom. The highest BCUT2D eigenvalue weighted by Gasteiger charge is 2.37. The maximum atomic E-state index is 13.1. The van der Waals surface area contributed by atoms with Crippen LogP contribution in [0.2, 0.25) is 0 Å². The van der Waals surface area contributed by atoms with Crippen LogP contribution in [0.5, 0.6) is 0 Å². The van der Waals surface area contributed by atoms with E-state index < -0.39 is 17.7 Å². The molecular weight excluding hydrogens is 307 g/mol. The van der Waals surface area contributed by atoms with Crippen LogP contribution in [0.4, 0.5) is 19.0 Å². The molecule has 2 heterocycles. The first-order valence-corrected chi connectivity index (χ1v) is 6.57. The third-order valence-corrected chi connectivity index (χ3v) is 2.91. The predicted molar refractivity (Wildman–Crippen MR) is 80.0 cm³/mol. The average Bonchev–Trinajstić information content (AvgIpc) is 2.54. The first-order valence-electron chi connectivity index (χ1n) is 6.57. The standard InChI is InChI=1S/C15H10F3N5/c16-15(17,18)13-14(22-12-6-2-1-5-11(12)21-13)23-20-9-10-4-3-7-19-8-10/h1-9H,(H,22,23)/b20-9-. The maximum Gasteiger partial charge on any atom is 0.437 e. The van der Waals surface area contributed by atoms with Crippen LogP contribution in [-0.4, -0.2) is 21.2 Å². The van der Waals surface area contributed by atoms with Gasteiger partial charge in [-0.15, -0.1) is 0 Å². The number of benzene rings is 1. The molecule has 0 saturated heterocycles. The lowest BCUT2D eigenvalue weighted by atomic mass is 10.3. The molecule has 116 valence electrons. The number of hydrogen-bond donors (Lipinski definition) is 1. The molecule has 8 heteroatoms. The molecular formula is C15H10F3N5. The molecule has 0 fully saturated rings. The predicted octanol–water partition coefficient (Wildman–Crippen LogP) is 3.49. The number of fused-ring (bicyclic) bond motifs is 1. The normalized spacial score (nSPS) is 12.0. The van der Waals surface area contributed by atoms with Gasteiger partial charge >= 0.3 is 6.18 Å². The van der Waals surface area contributed by atoms with E-state index in [1.54, 1.807) is 36.5 Å². The Bertz CT molecular complexity index is 847. The van der Waals surface area contributed by atoms with Crippen molar-refractivity contribution in [2.75, 3.05) is 5.43 Å². The first-order chi connectivity index (χ1) is 11.0. The lowest BCUT2D eigenvalue weighted by Crippen LogP contribution is -2.13. The zero-order chi connectivity index (χ0) is 16.3. The molecule has 0 aliphatic carbocycles. The van der Waals surface area contributed by atoms with Crippen molar-refractivity contribution in [3.8, 4) is 0 Å². The van der Waals surface area contributed by atoms with Gasteiger partial charge in [-0.1, -0.05) is 18.2 Å². The van der Waals surface area contributed by atoms with Crippen LogP contribution < -0.4 is 5.43 Å². The number of halogens is 3. The number of hydrogen-bond acceptors (Lipinski definition) is 5. The second-order valence-corrected chi connectivity index (χ2v) is 4.56. The van der Waals surface area contributed by atoms with E-state index in [1.807, 2.05) is 0 Å². The van der Waals surface area contributed by atoms with Gasteiger partial charge in [-0.2, -0.15) is 18.3 Å². The van der Waals surface area contributed by atoms with Gasteiger partial charge in [0.2, 0.25) is 0 Å². The Balaban J connectivity index is 1.96. The minimum Gasteiger partial charge on any atom is -0.264 e. The molecule has 0 spiro atoms. The number of rotatable bonds is 3. The van der Waals surface area contributed by atoms with Crippen molar-refractivity contribution in [3.05, 3.63) is 60.0 Å². The van der Waals surface area contributed by atoms with Crippen molar-refractivity contribution >= 4 is 23.1 Å². The minimum absolute atomic E-state index is 0.168. The van der Waals surface area contributed by atoms with Crippen molar-refractivity contribution in [2.45, 2.75) is 6.18 Å². The lowest BCUT2D eigenvalue weighted by Gasteiger charge is -2.11. The van der Waals surface area contributed by atoms with Crippen molar-refractivity contribution in [3.63, 3.8) is 0 Å². The number of anilines is 1. The zero-order valence-corrected chi connectivity index (χ0v) is 11.6. The fraction of sp³-hybridized carbons (Fsp3) is 0.0667. The van der Waals surface area contributed by atoms with E-state index >= 15 is 0 Å². The summed E-state index contributed by atoms with van der Waals surface area (Å²) in [7, 11) is 0. The Hall–Kier alpha value is -3.03. The van der Waals surface area contributed by atoms with Crippen LogP contribution in [0, 0.1) is 0 Å². The number of aromatic nitrogens is 3. The van der Waals surface area contributed by atoms with E-state index in [9.17, 15) is 13.2 Å². The van der Waals surface area contributed by atoms with Crippen molar-refractivity contribution in [2.24, 2.45) is 5.10 Å². The average molecular weight is 317 g/mol. The topological polar surface area (TPSA) is 63.1 Å². The van der Waals surface area contributed by atoms with E-state index in [0.29, 0.717) is 11.1 Å². The van der Waals surface area contributed by atoms with E-state index in [2.05, 4.69) is 25.5 Å². The number of para-hydroxylation sites is 2. The number of pyridine rings is 1. The maximum absolute atomic E-state index is 13.1. The Morgan fingerprint density at radius 1 is 1.00 bits per heavy atom. The molecule has 2 aromatic heterocycles. The van der Waals surface area contributed by atoms with Gasteiger partial charge in [0.05, 0.1) is 17.2 Å². The summed E-state index contributed by atoms with van der Waals surface area (Å²) in [5.41, 5.74) is 2.35. The molecule has 0 atom stereocenters. The van der Waals surface area contributed by atoms with Crippen LogP contribution >= 0.6 is 0 Å². The summed E-state index contributed by atoms with van der Waals surface area (Å²) in [6.45, 7) is 0. The Kier molecular flexibility index (Phi) is 3.88. The summed E-state index contributed by atoms with van der Waals surface area (Å²) in [6, 6.07) is 9.74. The van der Waals surface area contributed by atoms with Crippen molar-refractivity contribution < 1.29 is 13.2 Å². The molecule has 0 bridgehead atoms. The molecule has 0 unspecified atom stereocenters. The summed E-state index contributed by atoms with van der Waals surface area (Å²) in [6.07, 6.45) is -0.170. The van der Waals surface area contributed by atoms with Crippen LogP contribution in [0.25, 0.3) is 11.0 Å². The molecule has 0 saturated carbocycles. The third kappa shape index (κ3) is 3.42. The van der Waals surface area contributed by atoms with Gasteiger partial charge in [-0.25, -0.2) is 9.97 Å². The van der Waals surface area contributed by atoms with Gasteiger partial charge in [0, 0.05) is 18.0 Å². The molecule has 0 amide bonds. The quantitative estimate of drug-likeness (QED) is 0.593. The molecule has 1 N–H and O–H groups in total. The van der Waals surface area contributed by atoms with Crippen LogP contribution in [-0.2, 0) is 6.18 Å². The number of alkyl halides is 3. The van der Waals surface area contributed by atoms with E-state index in [-0.39, 0.29) is 5.52 Å². The summed E-state index contributed by atoms with van der Waals surface area (Å²) in [5, 5.41) is 3.78. The van der Waals surface area contributed by atoms with Gasteiger partial charge in [0.25, 0.3) is 0 Å². The summed E-state index contributed by atoms with van der Waals surface area (Å²) in [4.78, 5) is 11.5. The number of nitrogens with one attached hydrogen (secondary N) is 1. The summed E-state index contributed by atoms with van der Waals surface area (Å²) >= 11 is 0. The highest BCUT2D eigenvalue weighted by Crippen LogP contribution is 2.33. The number of hydrazone groups is 1. The molecule has 0 radical (unpaired) electrons. The van der Waals surface area contributed by atoms with Gasteiger partial charge in [-0.05, 0) is 18.2 Å². The highest BCUT2D eigenvalue weighted by atomic mass is 19.4. The molecule has 3 rings (SSSR count). The van der Waals surface area contributed by atoms with Crippen molar-refractivity contribution in [1.82, 2.24) is 15.0 Å². The van der Waals surface area contributed by atoms with Gasteiger partial charge < -0.3 is 0 Å². The van der Waals surface area contributed by atoms with Gasteiger partial charge in [0.15, 0.2) is 11.5 Å². The van der Waals surface area contributed by atoms with Crippen LogP contribution in [0.3, 0.4) is 0 Å². The largest absolute Gasteiger partial charge is 0.437 e.